The minimum absolute atomic E-state index is 0.0353. The number of aryl methyl sites for hydroxylation is 2. The van der Waals surface area contributed by atoms with Gasteiger partial charge in [0.2, 0.25) is 5.91 Å². The van der Waals surface area contributed by atoms with Crippen LogP contribution in [0.4, 0.5) is 5.69 Å². The normalized spacial score (nSPS) is 10.7. The van der Waals surface area contributed by atoms with Crippen molar-refractivity contribution >= 4 is 23.1 Å². The highest BCUT2D eigenvalue weighted by Crippen LogP contribution is 2.16. The maximum atomic E-state index is 12.5. The molecule has 0 saturated heterocycles. The minimum Gasteiger partial charge on any atom is -0.332 e. The van der Waals surface area contributed by atoms with E-state index < -0.39 is 0 Å². The summed E-state index contributed by atoms with van der Waals surface area (Å²) in [7, 11) is 1.60. The van der Waals surface area contributed by atoms with E-state index in [0.29, 0.717) is 11.2 Å². The molecule has 0 aliphatic heterocycles. The molecule has 128 valence electrons. The number of nitrogens with one attached hydrogen (secondary N) is 1. The van der Waals surface area contributed by atoms with Crippen molar-refractivity contribution in [3.05, 3.63) is 59.5 Å². The van der Waals surface area contributed by atoms with Crippen LogP contribution in [0.2, 0.25) is 0 Å². The molecule has 3 aromatic rings. The summed E-state index contributed by atoms with van der Waals surface area (Å²) in [6, 6.07) is 9.24. The standard InChI is InChI=1S/C18H19N5O2/c1-12-4-5-13(2)15(8-12)20-17(24)10-22(3)18(25)14-6-7-16-21-19-11-23(16)9-14/h4-9,11H,10H2,1-3H3,(H,20,24). The van der Waals surface area contributed by atoms with Crippen LogP contribution in [0.25, 0.3) is 5.65 Å². The van der Waals surface area contributed by atoms with Gasteiger partial charge in [0.05, 0.1) is 12.1 Å². The van der Waals surface area contributed by atoms with Crippen LogP contribution < -0.4 is 5.32 Å². The monoisotopic (exact) mass is 337 g/mol. The molecule has 2 heterocycles. The average molecular weight is 337 g/mol. The number of aromatic nitrogens is 3. The number of likely N-dealkylation sites (N-methyl/N-ethyl adjacent to an activating group) is 1. The van der Waals surface area contributed by atoms with E-state index >= 15 is 0 Å². The molecule has 0 saturated carbocycles. The van der Waals surface area contributed by atoms with Crippen LogP contribution in [0.5, 0.6) is 0 Å². The highest BCUT2D eigenvalue weighted by atomic mass is 16.2. The molecule has 0 radical (unpaired) electrons. The Morgan fingerprint density at radius 2 is 2.00 bits per heavy atom. The lowest BCUT2D eigenvalue weighted by atomic mass is 10.1. The third-order valence-electron chi connectivity index (χ3n) is 3.93. The fourth-order valence-electron chi connectivity index (χ4n) is 2.52. The summed E-state index contributed by atoms with van der Waals surface area (Å²) in [5.41, 5.74) is 3.93. The Morgan fingerprint density at radius 1 is 1.20 bits per heavy atom. The van der Waals surface area contributed by atoms with Gasteiger partial charge in [-0.3, -0.25) is 14.0 Å². The smallest absolute Gasteiger partial charge is 0.255 e. The molecule has 0 unspecified atom stereocenters. The van der Waals surface area contributed by atoms with Gasteiger partial charge in [0.25, 0.3) is 5.91 Å². The fraction of sp³-hybridized carbons (Fsp3) is 0.222. The number of amides is 2. The number of carbonyl (C=O) groups excluding carboxylic acids is 2. The molecule has 1 aromatic carbocycles. The number of carbonyl (C=O) groups is 2. The Kier molecular flexibility index (Phi) is 4.47. The zero-order chi connectivity index (χ0) is 18.0. The minimum atomic E-state index is -0.244. The molecule has 7 heteroatoms. The molecule has 25 heavy (non-hydrogen) atoms. The van der Waals surface area contributed by atoms with Crippen molar-refractivity contribution in [3.63, 3.8) is 0 Å². The maximum Gasteiger partial charge on any atom is 0.255 e. The second-order valence-electron chi connectivity index (χ2n) is 6.04. The Bertz CT molecular complexity index is 948. The van der Waals surface area contributed by atoms with Crippen LogP contribution in [0.3, 0.4) is 0 Å². The Labute approximate surface area is 145 Å². The van der Waals surface area contributed by atoms with Crippen molar-refractivity contribution in [2.24, 2.45) is 0 Å². The Morgan fingerprint density at radius 3 is 2.80 bits per heavy atom. The molecular formula is C18H19N5O2. The highest BCUT2D eigenvalue weighted by molar-refractivity contribution is 5.99. The van der Waals surface area contributed by atoms with Crippen LogP contribution in [0.15, 0.2) is 42.9 Å². The fourth-order valence-corrected chi connectivity index (χ4v) is 2.52. The molecule has 0 bridgehead atoms. The molecule has 2 aromatic heterocycles. The highest BCUT2D eigenvalue weighted by Gasteiger charge is 2.16. The van der Waals surface area contributed by atoms with Gasteiger partial charge in [0, 0.05) is 18.9 Å². The SMILES string of the molecule is Cc1ccc(C)c(NC(=O)CN(C)C(=O)c2ccc3nncn3c2)c1. The molecule has 2 amide bonds. The van der Waals surface area contributed by atoms with E-state index in [-0.39, 0.29) is 18.4 Å². The van der Waals surface area contributed by atoms with Gasteiger partial charge in [-0.1, -0.05) is 12.1 Å². The van der Waals surface area contributed by atoms with Gasteiger partial charge >= 0.3 is 0 Å². The molecule has 7 nitrogen and oxygen atoms in total. The molecule has 0 fully saturated rings. The number of benzene rings is 1. The van der Waals surface area contributed by atoms with E-state index in [1.165, 1.54) is 11.2 Å². The lowest BCUT2D eigenvalue weighted by Gasteiger charge is -2.17. The van der Waals surface area contributed by atoms with Crippen molar-refractivity contribution in [3.8, 4) is 0 Å². The third kappa shape index (κ3) is 3.65. The van der Waals surface area contributed by atoms with Crippen LogP contribution in [0, 0.1) is 13.8 Å². The molecule has 0 atom stereocenters. The molecule has 1 N–H and O–H groups in total. The van der Waals surface area contributed by atoms with Crippen molar-refractivity contribution < 1.29 is 9.59 Å². The topological polar surface area (TPSA) is 79.6 Å². The number of hydrogen-bond donors (Lipinski definition) is 1. The van der Waals surface area contributed by atoms with Gasteiger partial charge in [-0.25, -0.2) is 0 Å². The zero-order valence-corrected chi connectivity index (χ0v) is 14.4. The predicted molar refractivity (Wildman–Crippen MR) is 94.5 cm³/mol. The summed E-state index contributed by atoms with van der Waals surface area (Å²) in [5, 5.41) is 10.5. The first-order valence-corrected chi connectivity index (χ1v) is 7.86. The summed E-state index contributed by atoms with van der Waals surface area (Å²) in [4.78, 5) is 26.2. The predicted octanol–water partition coefficient (Wildman–Crippen LogP) is 2.06. The van der Waals surface area contributed by atoms with Crippen molar-refractivity contribution in [1.82, 2.24) is 19.5 Å². The van der Waals surface area contributed by atoms with Gasteiger partial charge in [-0.2, -0.15) is 0 Å². The second-order valence-corrected chi connectivity index (χ2v) is 6.04. The van der Waals surface area contributed by atoms with Gasteiger partial charge < -0.3 is 10.2 Å². The lowest BCUT2D eigenvalue weighted by molar-refractivity contribution is -0.116. The summed E-state index contributed by atoms with van der Waals surface area (Å²) < 4.78 is 1.66. The van der Waals surface area contributed by atoms with Gasteiger partial charge in [-0.15, -0.1) is 10.2 Å². The molecule has 0 aliphatic rings. The van der Waals surface area contributed by atoms with E-state index in [4.69, 9.17) is 0 Å². The van der Waals surface area contributed by atoms with Crippen molar-refractivity contribution in [2.45, 2.75) is 13.8 Å². The van der Waals surface area contributed by atoms with Crippen LogP contribution in [-0.4, -0.2) is 44.9 Å². The summed E-state index contributed by atoms with van der Waals surface area (Å²) in [6.07, 6.45) is 3.18. The summed E-state index contributed by atoms with van der Waals surface area (Å²) >= 11 is 0. The van der Waals surface area contributed by atoms with E-state index in [0.717, 1.165) is 16.8 Å². The van der Waals surface area contributed by atoms with E-state index in [1.807, 2.05) is 32.0 Å². The largest absolute Gasteiger partial charge is 0.332 e. The van der Waals surface area contributed by atoms with Gasteiger partial charge in [0.15, 0.2) is 5.65 Å². The Balaban J connectivity index is 1.68. The van der Waals surface area contributed by atoms with Crippen molar-refractivity contribution in [1.29, 1.82) is 0 Å². The first kappa shape index (κ1) is 16.6. The van der Waals surface area contributed by atoms with Gasteiger partial charge in [-0.05, 0) is 43.2 Å². The number of nitrogens with zero attached hydrogens (tertiary/aromatic N) is 4. The molecule has 3 rings (SSSR count). The average Bonchev–Trinajstić information content (AvgIpc) is 3.05. The summed E-state index contributed by atoms with van der Waals surface area (Å²) in [6.45, 7) is 3.86. The number of rotatable bonds is 4. The molecule has 0 spiro atoms. The molecular weight excluding hydrogens is 318 g/mol. The van der Waals surface area contributed by atoms with Crippen LogP contribution >= 0.6 is 0 Å². The molecule has 0 aliphatic carbocycles. The first-order chi connectivity index (χ1) is 11.9. The second kappa shape index (κ2) is 6.72. The number of fused-ring (bicyclic) bond motifs is 1. The summed E-state index contributed by atoms with van der Waals surface area (Å²) in [5.74, 6) is -0.485. The number of hydrogen-bond acceptors (Lipinski definition) is 4. The van der Waals surface area contributed by atoms with Crippen LogP contribution in [0.1, 0.15) is 21.5 Å². The van der Waals surface area contributed by atoms with E-state index in [1.54, 1.807) is 29.8 Å². The van der Waals surface area contributed by atoms with E-state index in [9.17, 15) is 9.59 Å². The van der Waals surface area contributed by atoms with Crippen LogP contribution in [-0.2, 0) is 4.79 Å². The lowest BCUT2D eigenvalue weighted by Crippen LogP contribution is -2.35. The van der Waals surface area contributed by atoms with Gasteiger partial charge in [0.1, 0.15) is 6.33 Å². The van der Waals surface area contributed by atoms with E-state index in [2.05, 4.69) is 15.5 Å². The first-order valence-electron chi connectivity index (χ1n) is 7.86. The zero-order valence-electron chi connectivity index (χ0n) is 14.4. The third-order valence-corrected chi connectivity index (χ3v) is 3.93. The number of anilines is 1. The Hall–Kier alpha value is -3.22. The van der Waals surface area contributed by atoms with Crippen molar-refractivity contribution in [2.75, 3.05) is 18.9 Å². The quantitative estimate of drug-likeness (QED) is 0.790. The number of pyridine rings is 1. The maximum absolute atomic E-state index is 12.5.